The summed E-state index contributed by atoms with van der Waals surface area (Å²) >= 11 is -4.37. The molecule has 2 saturated carbocycles. The third kappa shape index (κ3) is 4.22. The Morgan fingerprint density at radius 3 is 2.29 bits per heavy atom. The van der Waals surface area contributed by atoms with Crippen LogP contribution in [0.1, 0.15) is 25.7 Å². The molecule has 24 heavy (non-hydrogen) atoms. The van der Waals surface area contributed by atoms with Crippen LogP contribution in [0, 0.1) is 23.7 Å². The highest BCUT2D eigenvalue weighted by Gasteiger charge is 2.51. The first-order valence-electron chi connectivity index (χ1n) is 7.71. The molecule has 0 radical (unpaired) electrons. The monoisotopic (exact) mass is 382 g/mol. The molecule has 10 heteroatoms. The third-order valence-corrected chi connectivity index (χ3v) is 7.21. The highest BCUT2D eigenvalue weighted by atomic mass is 32.2. The van der Waals surface area contributed by atoms with Gasteiger partial charge in [0, 0.05) is 0 Å². The van der Waals surface area contributed by atoms with E-state index in [0.29, 0.717) is 25.7 Å². The average Bonchev–Trinajstić information content (AvgIpc) is 2.56. The Morgan fingerprint density at radius 1 is 1.12 bits per heavy atom. The fourth-order valence-corrected chi connectivity index (χ4v) is 6.57. The van der Waals surface area contributed by atoms with Gasteiger partial charge in [0.2, 0.25) is 0 Å². The zero-order chi connectivity index (χ0) is 17.9. The van der Waals surface area contributed by atoms with Crippen molar-refractivity contribution in [1.29, 1.82) is 0 Å². The third-order valence-electron chi connectivity index (χ3n) is 5.16. The molecule has 8 unspecified atom stereocenters. The van der Waals surface area contributed by atoms with Crippen molar-refractivity contribution in [2.75, 3.05) is 13.7 Å². The van der Waals surface area contributed by atoms with E-state index in [1.807, 2.05) is 0 Å². The van der Waals surface area contributed by atoms with Crippen molar-refractivity contribution in [1.82, 2.24) is 0 Å². The van der Waals surface area contributed by atoms with E-state index in [1.54, 1.807) is 0 Å². The summed E-state index contributed by atoms with van der Waals surface area (Å²) in [4.78, 5) is 22.3. The molecule has 2 rings (SSSR count). The number of fused-ring (bicyclic) bond motifs is 1. The van der Waals surface area contributed by atoms with Gasteiger partial charge in [0.15, 0.2) is 22.2 Å². The van der Waals surface area contributed by atoms with Gasteiger partial charge in [0.1, 0.15) is 0 Å². The molecule has 0 aliphatic heterocycles. The molecule has 0 saturated heterocycles. The normalized spacial score (nSPS) is 38.5. The summed E-state index contributed by atoms with van der Waals surface area (Å²) < 4.78 is 52.5. The molecule has 2 fully saturated rings. The minimum Gasteiger partial charge on any atom is -0.469 e. The zero-order valence-corrected chi connectivity index (χ0v) is 14.9. The lowest BCUT2D eigenvalue weighted by Crippen LogP contribution is -2.52. The summed E-state index contributed by atoms with van der Waals surface area (Å²) in [5, 5.41) is -1.43. The predicted molar refractivity (Wildman–Crippen MR) is 85.6 cm³/mol. The molecule has 0 amide bonds. The molecule has 0 aromatic carbocycles. The average molecular weight is 382 g/mol. The van der Waals surface area contributed by atoms with Crippen LogP contribution in [0.3, 0.4) is 0 Å². The number of carbonyl (C=O) groups is 2. The quantitative estimate of drug-likeness (QED) is 0.388. The molecular weight excluding hydrogens is 360 g/mol. The van der Waals surface area contributed by atoms with Crippen molar-refractivity contribution in [2.45, 2.75) is 36.2 Å². The maximum atomic E-state index is 11.9. The largest absolute Gasteiger partial charge is 0.469 e. The van der Waals surface area contributed by atoms with Crippen LogP contribution in [0.2, 0.25) is 0 Å². The van der Waals surface area contributed by atoms with Crippen molar-refractivity contribution in [2.24, 2.45) is 23.7 Å². The first-order valence-corrected chi connectivity index (χ1v) is 10.0. The minimum atomic E-state index is -2.20. The van der Waals surface area contributed by atoms with Gasteiger partial charge in [-0.3, -0.25) is 9.59 Å². The van der Waals surface area contributed by atoms with E-state index in [0.717, 1.165) is 0 Å². The molecule has 0 heterocycles. The minimum absolute atomic E-state index is 0.110. The van der Waals surface area contributed by atoms with Gasteiger partial charge in [0.05, 0.1) is 30.1 Å². The lowest BCUT2D eigenvalue weighted by molar-refractivity contribution is -0.148. The lowest BCUT2D eigenvalue weighted by atomic mass is 9.64. The van der Waals surface area contributed by atoms with Crippen LogP contribution in [-0.4, -0.2) is 54.2 Å². The number of ether oxygens (including phenoxy) is 2. The van der Waals surface area contributed by atoms with Crippen LogP contribution >= 0.6 is 0 Å². The van der Waals surface area contributed by atoms with Crippen molar-refractivity contribution in [3.63, 3.8) is 0 Å². The molecule has 8 atom stereocenters. The Bertz CT molecular complexity index is 525. The number of carbonyl (C=O) groups excluding carboxylic acids is 2. The SMILES string of the molecule is COC(=O)C1CC2CC(COC=O)CC(S(=O)O)C2C(S(=O)O)C1. The predicted octanol–water partition coefficient (Wildman–Crippen LogP) is 0.565. The number of methoxy groups -OCH3 is 1. The van der Waals surface area contributed by atoms with E-state index in [1.165, 1.54) is 7.11 Å². The number of esters is 1. The first-order chi connectivity index (χ1) is 11.4. The van der Waals surface area contributed by atoms with Crippen LogP contribution in [0.4, 0.5) is 0 Å². The van der Waals surface area contributed by atoms with Crippen LogP contribution < -0.4 is 0 Å². The lowest BCUT2D eigenvalue weighted by Gasteiger charge is -2.47. The van der Waals surface area contributed by atoms with Gasteiger partial charge in [-0.25, -0.2) is 8.42 Å². The second kappa shape index (κ2) is 8.50. The van der Waals surface area contributed by atoms with Crippen LogP contribution in [0.15, 0.2) is 0 Å². The maximum Gasteiger partial charge on any atom is 0.308 e. The van der Waals surface area contributed by atoms with Crippen LogP contribution in [0.5, 0.6) is 0 Å². The van der Waals surface area contributed by atoms with Gasteiger partial charge in [-0.15, -0.1) is 0 Å². The van der Waals surface area contributed by atoms with E-state index < -0.39 is 50.5 Å². The Morgan fingerprint density at radius 2 is 1.75 bits per heavy atom. The fourth-order valence-electron chi connectivity index (χ4n) is 4.27. The van der Waals surface area contributed by atoms with Gasteiger partial charge in [-0.2, -0.15) is 0 Å². The van der Waals surface area contributed by atoms with Crippen molar-refractivity contribution in [3.05, 3.63) is 0 Å². The molecule has 2 aliphatic rings. The molecule has 8 nitrogen and oxygen atoms in total. The highest BCUT2D eigenvalue weighted by molar-refractivity contribution is 7.81. The van der Waals surface area contributed by atoms with Crippen molar-refractivity contribution >= 4 is 34.6 Å². The summed E-state index contributed by atoms with van der Waals surface area (Å²) in [6.07, 6.45) is 1.53. The van der Waals surface area contributed by atoms with Gasteiger partial charge in [-0.1, -0.05) is 0 Å². The summed E-state index contributed by atoms with van der Waals surface area (Å²) in [6.45, 7) is 0.469. The van der Waals surface area contributed by atoms with Crippen LogP contribution in [-0.2, 0) is 41.2 Å². The number of hydrogen-bond acceptors (Lipinski definition) is 6. The Balaban J connectivity index is 2.27. The van der Waals surface area contributed by atoms with Crippen molar-refractivity contribution in [3.8, 4) is 0 Å². The zero-order valence-electron chi connectivity index (χ0n) is 13.2. The van der Waals surface area contributed by atoms with E-state index in [4.69, 9.17) is 9.47 Å². The van der Waals surface area contributed by atoms with Crippen LogP contribution in [0.25, 0.3) is 0 Å². The van der Waals surface area contributed by atoms with E-state index >= 15 is 0 Å². The summed E-state index contributed by atoms with van der Waals surface area (Å²) in [5.41, 5.74) is 0. The summed E-state index contributed by atoms with van der Waals surface area (Å²) in [7, 11) is 1.27. The van der Waals surface area contributed by atoms with Crippen molar-refractivity contribution < 1.29 is 36.6 Å². The molecule has 0 aromatic heterocycles. The van der Waals surface area contributed by atoms with E-state index in [-0.39, 0.29) is 24.9 Å². The maximum absolute atomic E-state index is 11.9. The standard InChI is InChI=1S/C14H22O8S2/c1-21-14(16)10-4-9-2-8(6-22-7-15)3-11(23(17)18)13(9)12(5-10)24(19)20/h7-13H,2-6H2,1H3,(H,17,18)(H,19,20). The van der Waals surface area contributed by atoms with Gasteiger partial charge < -0.3 is 18.6 Å². The Hall–Kier alpha value is -0.840. The fraction of sp³-hybridized carbons (Fsp3) is 0.857. The van der Waals surface area contributed by atoms with Gasteiger partial charge in [-0.05, 0) is 43.4 Å². The van der Waals surface area contributed by atoms with E-state index in [9.17, 15) is 27.1 Å². The van der Waals surface area contributed by atoms with Gasteiger partial charge in [0.25, 0.3) is 6.47 Å². The Labute approximate surface area is 145 Å². The number of rotatable bonds is 6. The highest BCUT2D eigenvalue weighted by Crippen LogP contribution is 2.48. The second-order valence-corrected chi connectivity index (χ2v) is 8.74. The second-order valence-electron chi connectivity index (χ2n) is 6.43. The molecule has 138 valence electrons. The Kier molecular flexibility index (Phi) is 6.90. The topological polar surface area (TPSA) is 127 Å². The van der Waals surface area contributed by atoms with Gasteiger partial charge >= 0.3 is 5.97 Å². The molecule has 2 aliphatic carbocycles. The molecule has 0 bridgehead atoms. The number of hydrogen-bond donors (Lipinski definition) is 2. The molecule has 0 spiro atoms. The molecular formula is C14H22O8S2. The molecule has 2 N–H and O–H groups in total. The molecule has 0 aromatic rings. The first kappa shape index (κ1) is 19.5. The van der Waals surface area contributed by atoms with E-state index in [2.05, 4.69) is 0 Å². The smallest absolute Gasteiger partial charge is 0.308 e. The summed E-state index contributed by atoms with van der Waals surface area (Å²) in [5.74, 6) is -1.64. The summed E-state index contributed by atoms with van der Waals surface area (Å²) in [6, 6.07) is 0.